The lowest BCUT2D eigenvalue weighted by Crippen LogP contribution is -2.47. The average Bonchev–Trinajstić information content (AvgIpc) is 3.71. The van der Waals surface area contributed by atoms with Crippen molar-refractivity contribution in [3.63, 3.8) is 0 Å². The van der Waals surface area contributed by atoms with Crippen molar-refractivity contribution in [2.75, 3.05) is 32.1 Å². The van der Waals surface area contributed by atoms with Crippen LogP contribution in [0.15, 0.2) is 57.5 Å². The molecule has 4 aliphatic rings. The van der Waals surface area contributed by atoms with E-state index in [-0.39, 0.29) is 55.4 Å². The van der Waals surface area contributed by atoms with Crippen LogP contribution in [-0.2, 0) is 28.6 Å². The number of nitrogens with zero attached hydrogens (tertiary/aromatic N) is 3. The number of rotatable bonds is 4. The number of ketones is 2. The van der Waals surface area contributed by atoms with Crippen molar-refractivity contribution in [1.29, 1.82) is 0 Å². The molecule has 15 nitrogen and oxygen atoms in total. The number of benzene rings is 2. The highest BCUT2D eigenvalue weighted by Crippen LogP contribution is 2.51. The summed E-state index contributed by atoms with van der Waals surface area (Å²) in [6.45, 7) is 18.9. The number of likely N-dealkylation sites (tertiary alicyclic amines) is 1. The number of Topliss-reactive ketones (excluding diaryl/α,β-unsaturated/α-hetero) is 2. The number of nitrogens with one attached hydrogen (secondary N) is 1. The first kappa shape index (κ1) is 45.0. The van der Waals surface area contributed by atoms with Gasteiger partial charge in [0.15, 0.2) is 5.75 Å². The van der Waals surface area contributed by atoms with Crippen LogP contribution in [0, 0.1) is 30.6 Å². The maximum Gasteiger partial charge on any atom is 0.312 e. The fourth-order valence-electron chi connectivity index (χ4n) is 8.82. The fraction of sp³-hybridized carbons (Fsp3) is 0.522. The Kier molecular flexibility index (Phi) is 12.6. The second kappa shape index (κ2) is 17.1. The van der Waals surface area contributed by atoms with Gasteiger partial charge in [-0.1, -0.05) is 45.9 Å². The van der Waals surface area contributed by atoms with Gasteiger partial charge in [-0.05, 0) is 45.3 Å². The van der Waals surface area contributed by atoms with Gasteiger partial charge in [-0.25, -0.2) is 4.99 Å². The topological polar surface area (TPSA) is 206 Å². The van der Waals surface area contributed by atoms with Gasteiger partial charge in [-0.15, -0.1) is 0 Å². The monoisotopic (exact) mass is 842 g/mol. The molecule has 15 heteroatoms. The Bertz CT molecular complexity index is 2420. The molecule has 61 heavy (non-hydrogen) atoms. The van der Waals surface area contributed by atoms with Crippen LogP contribution < -0.4 is 20.8 Å². The zero-order chi connectivity index (χ0) is 44.9. The number of methoxy groups -OCH3 is 1. The van der Waals surface area contributed by atoms with E-state index in [9.17, 15) is 34.5 Å². The van der Waals surface area contributed by atoms with Crippen LogP contribution in [0.3, 0.4) is 0 Å². The molecule has 1 spiro atoms. The first-order chi connectivity index (χ1) is 28.6. The number of esters is 1. The highest BCUT2D eigenvalue weighted by molar-refractivity contribution is 6.21. The fourth-order valence-corrected chi connectivity index (χ4v) is 8.82. The molecule has 4 N–H and O–H groups in total. The first-order valence-electron chi connectivity index (χ1n) is 20.8. The number of fused-ring (bicyclic) bond motifs is 1. The minimum Gasteiger partial charge on any atom is -0.511 e. The largest absolute Gasteiger partial charge is 0.511 e. The van der Waals surface area contributed by atoms with Gasteiger partial charge in [-0.3, -0.25) is 24.2 Å². The summed E-state index contributed by atoms with van der Waals surface area (Å²) in [7, 11) is 1.44. The number of amides is 1. The van der Waals surface area contributed by atoms with Crippen molar-refractivity contribution >= 4 is 39.9 Å². The molecule has 1 fully saturated rings. The van der Waals surface area contributed by atoms with E-state index in [1.165, 1.54) is 52.4 Å². The summed E-state index contributed by atoms with van der Waals surface area (Å²) in [5.41, 5.74) is 0.153. The summed E-state index contributed by atoms with van der Waals surface area (Å²) in [4.78, 5) is 66.6. The zero-order valence-electron chi connectivity index (χ0n) is 36.8. The summed E-state index contributed by atoms with van der Waals surface area (Å²) >= 11 is 0. The third-order valence-corrected chi connectivity index (χ3v) is 12.4. The average molecular weight is 843 g/mol. The number of hydrogen-bond acceptors (Lipinski definition) is 14. The number of allylic oxidation sites excluding steroid dienone is 5. The van der Waals surface area contributed by atoms with E-state index in [4.69, 9.17) is 23.9 Å². The molecule has 4 aliphatic heterocycles. The highest BCUT2D eigenvalue weighted by Gasteiger charge is 2.50. The minimum absolute atomic E-state index is 0.0398. The van der Waals surface area contributed by atoms with Crippen molar-refractivity contribution in [3.8, 4) is 17.2 Å². The standard InChI is InChI=1S/C46H58N4O11/c1-22(2)21-50-18-16-46(17-19-50)48-34-31-32-39(54)28(8)42-33(31)43(56)45(10,61-42)59-20-15-30(58-11)25(5)41(60-29(9)51)27(7)38(53)26(6)37(52)23(3)13-12-14-24(4)44(57)47-36(40(32)55)35(34)49-46/h12-15,20,22,25-27,30,41,48,52,54-55H,16-19,21H2,1-11H3/b13-12+,20-15+,24-14+,37-23-,47-36?/t25-,26-,27-,30+,41-,45+/m1/s1. The molecule has 4 heterocycles. The Labute approximate surface area is 355 Å². The van der Waals surface area contributed by atoms with E-state index in [0.717, 1.165) is 6.54 Å². The lowest BCUT2D eigenvalue weighted by Gasteiger charge is -2.38. The van der Waals surface area contributed by atoms with Crippen molar-refractivity contribution in [3.05, 3.63) is 69.3 Å². The molecule has 0 saturated carbocycles. The van der Waals surface area contributed by atoms with Crippen LogP contribution >= 0.6 is 0 Å². The van der Waals surface area contributed by atoms with Crippen LogP contribution in [0.4, 0.5) is 5.69 Å². The van der Waals surface area contributed by atoms with Crippen molar-refractivity contribution in [2.45, 2.75) is 106 Å². The molecular formula is C46H58N4O11. The summed E-state index contributed by atoms with van der Waals surface area (Å²) in [5, 5.41) is 38.7. The number of hydrogen-bond donors (Lipinski definition) is 4. The number of aliphatic hydroxyl groups excluding tert-OH is 1. The van der Waals surface area contributed by atoms with Gasteiger partial charge < -0.3 is 44.5 Å². The Hall–Kier alpha value is -5.54. The SMILES string of the molecule is CO[C@H]1/C=C/O[C@@]2(C)Oc3c(C)c(O)c4c(O)c(c5c(c4c3C2=O)NC2(CCN(CC(C)C)CC2)N=5)=NC(=O)/C(C)=C/C=C/C(C)=C(\O)[C@@H](C)C(=O)[C@@H](C)[C@H](OC(C)=O)[C@@H]1C. The number of anilines is 1. The van der Waals surface area contributed by atoms with E-state index in [1.54, 1.807) is 40.7 Å². The van der Waals surface area contributed by atoms with E-state index in [1.807, 2.05) is 0 Å². The van der Waals surface area contributed by atoms with Gasteiger partial charge in [0, 0.05) is 75.9 Å². The molecular weight excluding hydrogens is 785 g/mol. The van der Waals surface area contributed by atoms with E-state index in [0.29, 0.717) is 43.1 Å². The van der Waals surface area contributed by atoms with Gasteiger partial charge in [0.05, 0.1) is 40.8 Å². The van der Waals surface area contributed by atoms with Crippen LogP contribution in [0.5, 0.6) is 17.2 Å². The second-order valence-corrected chi connectivity index (χ2v) is 17.4. The normalized spacial score (nSPS) is 30.3. The van der Waals surface area contributed by atoms with Crippen LogP contribution in [0.1, 0.15) is 91.1 Å². The number of carbonyl (C=O) groups excluding carboxylic acids is 4. The van der Waals surface area contributed by atoms with Gasteiger partial charge >= 0.3 is 11.8 Å². The summed E-state index contributed by atoms with van der Waals surface area (Å²) < 4.78 is 23.8. The van der Waals surface area contributed by atoms with Gasteiger partial charge in [0.2, 0.25) is 0 Å². The van der Waals surface area contributed by atoms with E-state index >= 15 is 0 Å². The van der Waals surface area contributed by atoms with Crippen molar-refractivity contribution in [1.82, 2.24) is 4.90 Å². The smallest absolute Gasteiger partial charge is 0.312 e. The molecule has 328 valence electrons. The molecule has 0 unspecified atom stereocenters. The molecule has 6 atom stereocenters. The number of aromatic hydroxyl groups is 2. The van der Waals surface area contributed by atoms with Gasteiger partial charge in [0.1, 0.15) is 45.5 Å². The first-order valence-corrected chi connectivity index (χ1v) is 20.8. The third-order valence-electron chi connectivity index (χ3n) is 12.4. The van der Waals surface area contributed by atoms with Crippen LogP contribution in [-0.4, -0.2) is 94.1 Å². The molecule has 0 aliphatic carbocycles. The van der Waals surface area contributed by atoms with Gasteiger partial charge in [-0.2, -0.15) is 0 Å². The summed E-state index contributed by atoms with van der Waals surface area (Å²) in [5.74, 6) is -7.48. The van der Waals surface area contributed by atoms with E-state index < -0.39 is 70.6 Å². The Morgan fingerprint density at radius 2 is 1.70 bits per heavy atom. The predicted molar refractivity (Wildman–Crippen MR) is 227 cm³/mol. The molecule has 6 rings (SSSR count). The number of phenolic OH excluding ortho intramolecular Hbond substituents is 2. The van der Waals surface area contributed by atoms with Gasteiger partial charge in [0.25, 0.3) is 11.7 Å². The Morgan fingerprint density at radius 1 is 1.03 bits per heavy atom. The lowest BCUT2D eigenvalue weighted by atomic mass is 9.82. The maximum absolute atomic E-state index is 14.7. The number of phenols is 2. The highest BCUT2D eigenvalue weighted by atomic mass is 16.7. The Balaban J connectivity index is 1.57. The second-order valence-electron chi connectivity index (χ2n) is 17.4. The lowest BCUT2D eigenvalue weighted by molar-refractivity contribution is -0.157. The van der Waals surface area contributed by atoms with E-state index in [2.05, 4.69) is 29.1 Å². The molecule has 0 radical (unpaired) electrons. The molecule has 2 aromatic rings. The third kappa shape index (κ3) is 8.29. The van der Waals surface area contributed by atoms with Crippen LogP contribution in [0.25, 0.3) is 10.8 Å². The Morgan fingerprint density at radius 3 is 2.33 bits per heavy atom. The number of piperidine rings is 1. The van der Waals surface area contributed by atoms with Crippen LogP contribution in [0.2, 0.25) is 0 Å². The van der Waals surface area contributed by atoms with Crippen molar-refractivity contribution in [2.24, 2.45) is 33.7 Å². The molecule has 0 aromatic heterocycles. The quantitative estimate of drug-likeness (QED) is 0.213. The zero-order valence-corrected chi connectivity index (χ0v) is 36.8. The molecule has 1 saturated heterocycles. The van der Waals surface area contributed by atoms with Crippen molar-refractivity contribution < 1.29 is 53.4 Å². The predicted octanol–water partition coefficient (Wildman–Crippen LogP) is 5.79. The molecule has 4 bridgehead atoms. The number of carbonyl (C=O) groups is 4. The number of ether oxygens (including phenoxy) is 4. The summed E-state index contributed by atoms with van der Waals surface area (Å²) in [6.07, 6.45) is 6.66. The maximum atomic E-state index is 14.7. The summed E-state index contributed by atoms with van der Waals surface area (Å²) in [6, 6.07) is 0. The molecule has 1 amide bonds. The minimum atomic E-state index is -1.97. The number of aliphatic hydroxyl groups is 1. The molecule has 2 aromatic carbocycles.